The second-order valence-electron chi connectivity index (χ2n) is 3.13. The van der Waals surface area contributed by atoms with E-state index in [-0.39, 0.29) is 18.8 Å². The molecule has 0 aliphatic rings. The van der Waals surface area contributed by atoms with Gasteiger partial charge < -0.3 is 9.84 Å². The molecule has 1 atom stereocenters. The van der Waals surface area contributed by atoms with Gasteiger partial charge in [0.2, 0.25) is 0 Å². The van der Waals surface area contributed by atoms with Crippen LogP contribution in [-0.4, -0.2) is 29.3 Å². The van der Waals surface area contributed by atoms with Crippen molar-refractivity contribution in [3.05, 3.63) is 44.8 Å². The maximum Gasteiger partial charge on any atom is 0.269 e. The summed E-state index contributed by atoms with van der Waals surface area (Å²) in [6.07, 6.45) is -0.902. The van der Waals surface area contributed by atoms with Crippen LogP contribution in [-0.2, 0) is 0 Å². The quantitative estimate of drug-likeness (QED) is 0.266. The molecule has 0 unspecified atom stereocenters. The molecular weight excluding hydrogens is 228 g/mol. The molecule has 0 aliphatic carbocycles. The summed E-state index contributed by atoms with van der Waals surface area (Å²) in [5.41, 5.74) is 7.99. The lowest BCUT2D eigenvalue weighted by molar-refractivity contribution is -0.384. The summed E-state index contributed by atoms with van der Waals surface area (Å²) in [5.74, 6) is 0.399. The van der Waals surface area contributed by atoms with Crippen molar-refractivity contribution in [3.8, 4) is 5.75 Å². The minimum absolute atomic E-state index is 0.0352. The Labute approximate surface area is 96.2 Å². The Morgan fingerprint density at radius 3 is 2.71 bits per heavy atom. The highest BCUT2D eigenvalue weighted by Gasteiger charge is 2.06. The molecule has 1 aromatic rings. The van der Waals surface area contributed by atoms with Crippen molar-refractivity contribution >= 4 is 5.69 Å². The van der Waals surface area contributed by atoms with E-state index in [2.05, 4.69) is 10.0 Å². The monoisotopic (exact) mass is 238 g/mol. The van der Waals surface area contributed by atoms with Crippen molar-refractivity contribution in [2.75, 3.05) is 13.2 Å². The molecule has 0 fully saturated rings. The van der Waals surface area contributed by atoms with Crippen LogP contribution in [0.3, 0.4) is 0 Å². The van der Waals surface area contributed by atoms with Gasteiger partial charge in [-0.1, -0.05) is 5.11 Å². The van der Waals surface area contributed by atoms with Crippen molar-refractivity contribution in [1.29, 1.82) is 0 Å². The average molecular weight is 238 g/mol. The molecule has 0 aromatic heterocycles. The zero-order valence-electron chi connectivity index (χ0n) is 8.76. The normalized spacial score (nSPS) is 11.4. The van der Waals surface area contributed by atoms with Crippen LogP contribution < -0.4 is 4.74 Å². The van der Waals surface area contributed by atoms with Gasteiger partial charge in [0.1, 0.15) is 12.4 Å². The van der Waals surface area contributed by atoms with Gasteiger partial charge in [0.15, 0.2) is 0 Å². The third kappa shape index (κ3) is 4.37. The van der Waals surface area contributed by atoms with E-state index in [1.54, 1.807) is 0 Å². The minimum Gasteiger partial charge on any atom is -0.491 e. The lowest BCUT2D eigenvalue weighted by Gasteiger charge is -2.09. The van der Waals surface area contributed by atoms with Crippen LogP contribution >= 0.6 is 0 Å². The Kier molecular flexibility index (Phi) is 4.74. The Bertz CT molecular complexity index is 427. The molecule has 0 heterocycles. The molecule has 0 saturated heterocycles. The van der Waals surface area contributed by atoms with Gasteiger partial charge in [-0.3, -0.25) is 10.1 Å². The van der Waals surface area contributed by atoms with E-state index in [1.807, 2.05) is 0 Å². The molecule has 0 spiro atoms. The first-order valence-electron chi connectivity index (χ1n) is 4.69. The van der Waals surface area contributed by atoms with E-state index < -0.39 is 11.0 Å². The van der Waals surface area contributed by atoms with E-state index in [0.29, 0.717) is 5.75 Å². The second kappa shape index (κ2) is 6.31. The standard InChI is InChI=1S/C9H10N4O4/c10-12-11-5-8(14)6-17-9-3-1-7(2-4-9)13(15)16/h1-4,8,14H,5-6H2/t8-/m0/s1. The maximum atomic E-state index is 10.4. The van der Waals surface area contributed by atoms with Crippen molar-refractivity contribution < 1.29 is 14.8 Å². The molecule has 1 aromatic carbocycles. The summed E-state index contributed by atoms with van der Waals surface area (Å²) in [4.78, 5) is 12.4. The van der Waals surface area contributed by atoms with Gasteiger partial charge in [-0.2, -0.15) is 0 Å². The number of nitro benzene ring substituents is 1. The first kappa shape index (κ1) is 12.8. The lowest BCUT2D eigenvalue weighted by Crippen LogP contribution is -2.20. The second-order valence-corrected chi connectivity index (χ2v) is 3.13. The van der Waals surface area contributed by atoms with E-state index >= 15 is 0 Å². The fourth-order valence-electron chi connectivity index (χ4n) is 1.04. The molecule has 8 nitrogen and oxygen atoms in total. The van der Waals surface area contributed by atoms with E-state index in [4.69, 9.17) is 10.3 Å². The number of aliphatic hydroxyl groups is 1. The van der Waals surface area contributed by atoms with Crippen LogP contribution in [0.5, 0.6) is 5.75 Å². The van der Waals surface area contributed by atoms with Crippen LogP contribution in [0.4, 0.5) is 5.69 Å². The fourth-order valence-corrected chi connectivity index (χ4v) is 1.04. The fraction of sp³-hybridized carbons (Fsp3) is 0.333. The summed E-state index contributed by atoms with van der Waals surface area (Å²) in [7, 11) is 0. The summed E-state index contributed by atoms with van der Waals surface area (Å²) in [6, 6.07) is 5.46. The van der Waals surface area contributed by atoms with Crippen LogP contribution in [0, 0.1) is 10.1 Å². The van der Waals surface area contributed by atoms with Gasteiger partial charge in [0, 0.05) is 17.0 Å². The summed E-state index contributed by atoms with van der Waals surface area (Å²) in [5, 5.41) is 22.8. The van der Waals surface area contributed by atoms with Crippen molar-refractivity contribution in [2.24, 2.45) is 5.11 Å². The molecule has 0 bridgehead atoms. The zero-order chi connectivity index (χ0) is 12.7. The van der Waals surface area contributed by atoms with Crippen molar-refractivity contribution in [3.63, 3.8) is 0 Å². The number of nitro groups is 1. The Balaban J connectivity index is 2.46. The summed E-state index contributed by atoms with van der Waals surface area (Å²) < 4.78 is 5.14. The molecule has 90 valence electrons. The zero-order valence-corrected chi connectivity index (χ0v) is 8.76. The summed E-state index contributed by atoms with van der Waals surface area (Å²) >= 11 is 0. The first-order valence-corrected chi connectivity index (χ1v) is 4.69. The first-order chi connectivity index (χ1) is 8.13. The van der Waals surface area contributed by atoms with Crippen LogP contribution in [0.25, 0.3) is 10.4 Å². The van der Waals surface area contributed by atoms with Crippen LogP contribution in [0.15, 0.2) is 29.4 Å². The molecule has 0 aliphatic heterocycles. The number of non-ortho nitro benzene ring substituents is 1. The lowest BCUT2D eigenvalue weighted by atomic mass is 10.3. The maximum absolute atomic E-state index is 10.4. The molecule has 1 rings (SSSR count). The number of azide groups is 1. The number of hydrogen-bond acceptors (Lipinski definition) is 5. The molecule has 8 heteroatoms. The predicted molar refractivity (Wildman–Crippen MR) is 58.6 cm³/mol. The highest BCUT2D eigenvalue weighted by molar-refractivity contribution is 5.35. The predicted octanol–water partition coefficient (Wildman–Crippen LogP) is 1.64. The molecule has 0 radical (unpaired) electrons. The van der Waals surface area contributed by atoms with Gasteiger partial charge in [-0.15, -0.1) is 0 Å². The molecule has 1 N–H and O–H groups in total. The smallest absolute Gasteiger partial charge is 0.269 e. The topological polar surface area (TPSA) is 121 Å². The number of benzene rings is 1. The molecule has 0 saturated carbocycles. The largest absolute Gasteiger partial charge is 0.491 e. The molecule has 0 amide bonds. The number of ether oxygens (including phenoxy) is 1. The van der Waals surface area contributed by atoms with Gasteiger partial charge in [-0.05, 0) is 17.7 Å². The van der Waals surface area contributed by atoms with E-state index in [9.17, 15) is 15.2 Å². The number of nitrogens with zero attached hydrogens (tertiary/aromatic N) is 4. The highest BCUT2D eigenvalue weighted by atomic mass is 16.6. The SMILES string of the molecule is [N-]=[N+]=NC[C@H](O)COc1ccc([N+](=O)[O-])cc1. The Morgan fingerprint density at radius 2 is 2.18 bits per heavy atom. The number of aliphatic hydroxyl groups excluding tert-OH is 1. The van der Waals surface area contributed by atoms with Gasteiger partial charge in [0.05, 0.1) is 17.6 Å². The number of rotatable bonds is 6. The van der Waals surface area contributed by atoms with Crippen LogP contribution in [0.1, 0.15) is 0 Å². The van der Waals surface area contributed by atoms with Crippen LogP contribution in [0.2, 0.25) is 0 Å². The van der Waals surface area contributed by atoms with Gasteiger partial charge in [0.25, 0.3) is 5.69 Å². The summed E-state index contributed by atoms with van der Waals surface area (Å²) in [6.45, 7) is -0.125. The van der Waals surface area contributed by atoms with Crippen molar-refractivity contribution in [2.45, 2.75) is 6.10 Å². The van der Waals surface area contributed by atoms with Gasteiger partial charge in [-0.25, -0.2) is 0 Å². The number of hydrogen-bond donors (Lipinski definition) is 1. The average Bonchev–Trinajstić information content (AvgIpc) is 2.34. The minimum atomic E-state index is -0.902. The van der Waals surface area contributed by atoms with Crippen molar-refractivity contribution in [1.82, 2.24) is 0 Å². The van der Waals surface area contributed by atoms with E-state index in [1.165, 1.54) is 24.3 Å². The third-order valence-electron chi connectivity index (χ3n) is 1.85. The molecule has 17 heavy (non-hydrogen) atoms. The third-order valence-corrected chi connectivity index (χ3v) is 1.85. The Morgan fingerprint density at radius 1 is 1.53 bits per heavy atom. The highest BCUT2D eigenvalue weighted by Crippen LogP contribution is 2.17. The molecular formula is C9H10N4O4. The Hall–Kier alpha value is -2.31. The van der Waals surface area contributed by atoms with Gasteiger partial charge >= 0.3 is 0 Å². The van der Waals surface area contributed by atoms with E-state index in [0.717, 1.165) is 0 Å².